The lowest BCUT2D eigenvalue weighted by Crippen LogP contribution is -2.28. The van der Waals surface area contributed by atoms with Crippen molar-refractivity contribution >= 4 is 18.3 Å². The molecule has 1 heterocycles. The molecule has 2 rings (SSSR count). The van der Waals surface area contributed by atoms with Crippen molar-refractivity contribution in [3.8, 4) is 0 Å². The molecule has 1 aliphatic heterocycles. The number of hydrogen-bond acceptors (Lipinski definition) is 2. The molecule has 5 heteroatoms. The summed E-state index contributed by atoms with van der Waals surface area (Å²) >= 11 is 0. The van der Waals surface area contributed by atoms with Crippen LogP contribution in [0.15, 0.2) is 18.2 Å². The third kappa shape index (κ3) is 5.29. The van der Waals surface area contributed by atoms with Gasteiger partial charge in [-0.05, 0) is 61.5 Å². The molecule has 0 unspecified atom stereocenters. The summed E-state index contributed by atoms with van der Waals surface area (Å²) in [7, 11) is 0. The van der Waals surface area contributed by atoms with Crippen molar-refractivity contribution in [1.82, 2.24) is 10.6 Å². The zero-order valence-electron chi connectivity index (χ0n) is 12.6. The Morgan fingerprint density at radius 1 is 1.33 bits per heavy atom. The predicted molar refractivity (Wildman–Crippen MR) is 85.7 cm³/mol. The van der Waals surface area contributed by atoms with E-state index < -0.39 is 0 Å². The largest absolute Gasteiger partial charge is 0.352 e. The fourth-order valence-electron chi connectivity index (χ4n) is 2.53. The normalized spacial score (nSPS) is 15.6. The molecule has 1 aromatic carbocycles. The first-order valence-electron chi connectivity index (χ1n) is 7.35. The van der Waals surface area contributed by atoms with E-state index >= 15 is 0 Å². The molecule has 0 saturated carbocycles. The van der Waals surface area contributed by atoms with Crippen molar-refractivity contribution < 1.29 is 9.18 Å². The van der Waals surface area contributed by atoms with Gasteiger partial charge in [-0.25, -0.2) is 4.39 Å². The van der Waals surface area contributed by atoms with E-state index in [1.807, 2.05) is 19.9 Å². The Kier molecular flexibility index (Phi) is 7.12. The fraction of sp³-hybridized carbons (Fsp3) is 0.562. The zero-order valence-corrected chi connectivity index (χ0v) is 13.4. The molecule has 0 aromatic heterocycles. The molecule has 1 aliphatic rings. The summed E-state index contributed by atoms with van der Waals surface area (Å²) in [5, 5.41) is 6.13. The maximum Gasteiger partial charge on any atom is 0.251 e. The van der Waals surface area contributed by atoms with E-state index in [0.29, 0.717) is 23.9 Å². The summed E-state index contributed by atoms with van der Waals surface area (Å²) in [4.78, 5) is 12.0. The molecular weight excluding hydrogens is 291 g/mol. The van der Waals surface area contributed by atoms with Gasteiger partial charge in [-0.3, -0.25) is 4.79 Å². The lowest BCUT2D eigenvalue weighted by Gasteiger charge is -2.23. The van der Waals surface area contributed by atoms with Crippen molar-refractivity contribution in [3.63, 3.8) is 0 Å². The summed E-state index contributed by atoms with van der Waals surface area (Å²) in [6, 6.07) is 4.73. The van der Waals surface area contributed by atoms with Gasteiger partial charge in [0.05, 0.1) is 0 Å². The first-order chi connectivity index (χ1) is 9.56. The van der Waals surface area contributed by atoms with E-state index in [4.69, 9.17) is 0 Å². The molecule has 0 bridgehead atoms. The van der Waals surface area contributed by atoms with Crippen LogP contribution in [0.2, 0.25) is 0 Å². The predicted octanol–water partition coefficient (Wildman–Crippen LogP) is 3.10. The summed E-state index contributed by atoms with van der Waals surface area (Å²) in [6.07, 6.45) is 1.99. The lowest BCUT2D eigenvalue weighted by molar-refractivity contribution is 0.0948. The summed E-state index contributed by atoms with van der Waals surface area (Å²) in [6.45, 7) is 6.59. The van der Waals surface area contributed by atoms with Gasteiger partial charge >= 0.3 is 0 Å². The highest BCUT2D eigenvalue weighted by atomic mass is 35.5. The van der Waals surface area contributed by atoms with Gasteiger partial charge in [0, 0.05) is 12.1 Å². The van der Waals surface area contributed by atoms with Crippen LogP contribution < -0.4 is 10.6 Å². The Balaban J connectivity index is 0.00000220. The van der Waals surface area contributed by atoms with Crippen LogP contribution in [0.1, 0.15) is 48.5 Å². The molecule has 1 amide bonds. The topological polar surface area (TPSA) is 41.1 Å². The van der Waals surface area contributed by atoms with Gasteiger partial charge in [-0.1, -0.05) is 13.8 Å². The summed E-state index contributed by atoms with van der Waals surface area (Å²) in [5.41, 5.74) is 1.38. The number of rotatable bonds is 4. The van der Waals surface area contributed by atoms with Crippen molar-refractivity contribution in [2.45, 2.75) is 32.6 Å². The number of halogens is 2. The second-order valence-corrected chi connectivity index (χ2v) is 5.90. The summed E-state index contributed by atoms with van der Waals surface area (Å²) < 4.78 is 13.7. The highest BCUT2D eigenvalue weighted by Gasteiger charge is 2.18. The molecule has 0 radical (unpaired) electrons. The van der Waals surface area contributed by atoms with Gasteiger partial charge < -0.3 is 10.6 Å². The molecule has 1 fully saturated rings. The molecule has 1 saturated heterocycles. The number of hydrogen-bond donors (Lipinski definition) is 2. The Hall–Kier alpha value is -1.13. The van der Waals surface area contributed by atoms with Crippen LogP contribution in [0.25, 0.3) is 0 Å². The Morgan fingerprint density at radius 3 is 2.62 bits per heavy atom. The number of piperidine rings is 1. The van der Waals surface area contributed by atoms with Crippen LogP contribution in [0, 0.1) is 11.7 Å². The Bertz CT molecular complexity index is 473. The van der Waals surface area contributed by atoms with E-state index in [9.17, 15) is 9.18 Å². The van der Waals surface area contributed by atoms with Gasteiger partial charge in [0.15, 0.2) is 0 Å². The highest BCUT2D eigenvalue weighted by molar-refractivity contribution is 5.94. The molecule has 21 heavy (non-hydrogen) atoms. The number of benzene rings is 1. The van der Waals surface area contributed by atoms with Crippen molar-refractivity contribution in [2.24, 2.45) is 5.92 Å². The lowest BCUT2D eigenvalue weighted by atomic mass is 9.89. The Morgan fingerprint density at radius 2 is 2.00 bits per heavy atom. The monoisotopic (exact) mass is 314 g/mol. The van der Waals surface area contributed by atoms with Gasteiger partial charge in [-0.15, -0.1) is 12.4 Å². The van der Waals surface area contributed by atoms with Crippen molar-refractivity contribution in [2.75, 3.05) is 19.6 Å². The number of amides is 1. The van der Waals surface area contributed by atoms with Crippen LogP contribution in [0.3, 0.4) is 0 Å². The SMILES string of the molecule is CC(C)CNC(=O)c1cc(F)cc(C2CCNCC2)c1.Cl. The van der Waals surface area contributed by atoms with Gasteiger partial charge in [-0.2, -0.15) is 0 Å². The standard InChI is InChI=1S/C16H23FN2O.ClH/c1-11(2)10-19-16(20)14-7-13(8-15(17)9-14)12-3-5-18-6-4-12;/h7-9,11-12,18H,3-6,10H2,1-2H3,(H,19,20);1H. The van der Waals surface area contributed by atoms with E-state index in [1.165, 1.54) is 6.07 Å². The minimum absolute atomic E-state index is 0. The van der Waals surface area contributed by atoms with E-state index in [0.717, 1.165) is 31.5 Å². The molecule has 118 valence electrons. The fourth-order valence-corrected chi connectivity index (χ4v) is 2.53. The van der Waals surface area contributed by atoms with Crippen LogP contribution in [0.4, 0.5) is 4.39 Å². The number of carbonyl (C=O) groups is 1. The Labute approximate surface area is 132 Å². The number of carbonyl (C=O) groups excluding carboxylic acids is 1. The molecule has 1 aromatic rings. The third-order valence-corrected chi connectivity index (χ3v) is 3.66. The van der Waals surface area contributed by atoms with Crippen LogP contribution in [0.5, 0.6) is 0 Å². The number of nitrogens with one attached hydrogen (secondary N) is 2. The second kappa shape index (κ2) is 8.35. The van der Waals surface area contributed by atoms with Crippen molar-refractivity contribution in [1.29, 1.82) is 0 Å². The quantitative estimate of drug-likeness (QED) is 0.896. The molecule has 0 aliphatic carbocycles. The molecule has 3 nitrogen and oxygen atoms in total. The first-order valence-corrected chi connectivity index (χ1v) is 7.35. The third-order valence-electron chi connectivity index (χ3n) is 3.66. The van der Waals surface area contributed by atoms with Crippen LogP contribution >= 0.6 is 12.4 Å². The average molecular weight is 315 g/mol. The highest BCUT2D eigenvalue weighted by Crippen LogP contribution is 2.26. The second-order valence-electron chi connectivity index (χ2n) is 5.90. The molecule has 0 spiro atoms. The van der Waals surface area contributed by atoms with Crippen molar-refractivity contribution in [3.05, 3.63) is 35.1 Å². The van der Waals surface area contributed by atoms with Crippen LogP contribution in [-0.2, 0) is 0 Å². The van der Waals surface area contributed by atoms with E-state index in [2.05, 4.69) is 10.6 Å². The maximum absolute atomic E-state index is 13.7. The van der Waals surface area contributed by atoms with Gasteiger partial charge in [0.2, 0.25) is 0 Å². The summed E-state index contributed by atoms with van der Waals surface area (Å²) in [5.74, 6) is 0.226. The van der Waals surface area contributed by atoms with Gasteiger partial charge in [0.1, 0.15) is 5.82 Å². The first kappa shape index (κ1) is 17.9. The molecule has 2 N–H and O–H groups in total. The minimum Gasteiger partial charge on any atom is -0.352 e. The minimum atomic E-state index is -0.323. The van der Waals surface area contributed by atoms with E-state index in [-0.39, 0.29) is 24.1 Å². The zero-order chi connectivity index (χ0) is 14.5. The molecular formula is C16H24ClFN2O. The molecule has 0 atom stereocenters. The van der Waals surface area contributed by atoms with Gasteiger partial charge in [0.25, 0.3) is 5.91 Å². The van der Waals surface area contributed by atoms with Crippen LogP contribution in [-0.4, -0.2) is 25.5 Å². The maximum atomic E-state index is 13.7. The smallest absolute Gasteiger partial charge is 0.251 e. The average Bonchev–Trinajstić information content (AvgIpc) is 2.45. The van der Waals surface area contributed by atoms with E-state index in [1.54, 1.807) is 6.07 Å².